The Labute approximate surface area is 95.1 Å². The molecule has 0 amide bonds. The summed E-state index contributed by atoms with van der Waals surface area (Å²) in [7, 11) is 1.40. The third kappa shape index (κ3) is 1.68. The summed E-state index contributed by atoms with van der Waals surface area (Å²) >= 11 is 0. The maximum atomic E-state index is 11.6. The molecule has 1 aliphatic heterocycles. The fourth-order valence-electron chi connectivity index (χ4n) is 2.40. The monoisotopic (exact) mass is 223 g/mol. The summed E-state index contributed by atoms with van der Waals surface area (Å²) in [6.07, 6.45) is 4.32. The maximum absolute atomic E-state index is 11.6. The number of fused-ring (bicyclic) bond motifs is 1. The molecule has 2 unspecified atom stereocenters. The van der Waals surface area contributed by atoms with Crippen molar-refractivity contribution in [3.05, 3.63) is 23.6 Å². The van der Waals surface area contributed by atoms with Gasteiger partial charge in [0.2, 0.25) is 0 Å². The number of hydrogen-bond acceptors (Lipinski definition) is 4. The van der Waals surface area contributed by atoms with Crippen molar-refractivity contribution in [3.63, 3.8) is 0 Å². The molecule has 0 radical (unpaired) electrons. The molecular weight excluding hydrogens is 206 g/mol. The molecule has 16 heavy (non-hydrogen) atoms. The Morgan fingerprint density at radius 2 is 2.31 bits per heavy atom. The van der Waals surface area contributed by atoms with Gasteiger partial charge < -0.3 is 15.2 Å². The van der Waals surface area contributed by atoms with E-state index in [1.165, 1.54) is 7.11 Å². The Hall–Kier alpha value is -1.45. The Kier molecular flexibility index (Phi) is 2.45. The summed E-state index contributed by atoms with van der Waals surface area (Å²) in [5, 5.41) is 0. The molecule has 1 aliphatic carbocycles. The van der Waals surface area contributed by atoms with E-state index in [2.05, 4.69) is 0 Å². The van der Waals surface area contributed by atoms with Crippen molar-refractivity contribution in [2.45, 2.75) is 25.9 Å². The summed E-state index contributed by atoms with van der Waals surface area (Å²) in [5.74, 6) is 0.261. The van der Waals surface area contributed by atoms with Crippen LogP contribution in [0.25, 0.3) is 0 Å². The van der Waals surface area contributed by atoms with Crippen molar-refractivity contribution >= 4 is 5.97 Å². The molecule has 2 aliphatic rings. The molecule has 2 rings (SSSR count). The summed E-state index contributed by atoms with van der Waals surface area (Å²) in [6, 6.07) is 0. The van der Waals surface area contributed by atoms with Gasteiger partial charge in [-0.3, -0.25) is 4.79 Å². The first-order valence-corrected chi connectivity index (χ1v) is 5.39. The molecule has 1 saturated heterocycles. The van der Waals surface area contributed by atoms with E-state index in [4.69, 9.17) is 15.2 Å². The Bertz CT molecular complexity index is 382. The molecular formula is C12H17NO3. The van der Waals surface area contributed by atoms with Crippen LogP contribution in [0.4, 0.5) is 0 Å². The fraction of sp³-hybridized carbons (Fsp3) is 0.583. The highest BCUT2D eigenvalue weighted by molar-refractivity contribution is 5.76. The largest absolute Gasteiger partial charge is 0.490 e. The number of ether oxygens (including phenoxy) is 2. The van der Waals surface area contributed by atoms with Gasteiger partial charge in [-0.1, -0.05) is 6.08 Å². The zero-order valence-electron chi connectivity index (χ0n) is 9.82. The predicted molar refractivity (Wildman–Crippen MR) is 59.1 cm³/mol. The van der Waals surface area contributed by atoms with Crippen LogP contribution in [0.15, 0.2) is 23.6 Å². The lowest BCUT2D eigenvalue weighted by Gasteiger charge is -2.21. The van der Waals surface area contributed by atoms with Gasteiger partial charge in [0.1, 0.15) is 11.4 Å². The van der Waals surface area contributed by atoms with E-state index in [9.17, 15) is 4.79 Å². The molecule has 88 valence electrons. The van der Waals surface area contributed by atoms with Crippen molar-refractivity contribution < 1.29 is 14.3 Å². The minimum absolute atomic E-state index is 0.0208. The molecule has 0 bridgehead atoms. The fourth-order valence-corrected chi connectivity index (χ4v) is 2.40. The van der Waals surface area contributed by atoms with Crippen molar-refractivity contribution in [2.75, 3.05) is 7.11 Å². The second-order valence-corrected chi connectivity index (χ2v) is 4.90. The zero-order chi connectivity index (χ0) is 11.9. The zero-order valence-corrected chi connectivity index (χ0v) is 9.82. The molecule has 4 heteroatoms. The number of methoxy groups -OCH3 is 1. The van der Waals surface area contributed by atoms with Gasteiger partial charge in [-0.15, -0.1) is 0 Å². The molecule has 0 aromatic rings. The smallest absolute Gasteiger partial charge is 0.313 e. The van der Waals surface area contributed by atoms with Crippen LogP contribution in [0.3, 0.4) is 0 Å². The van der Waals surface area contributed by atoms with E-state index in [0.717, 1.165) is 12.2 Å². The van der Waals surface area contributed by atoms with Crippen molar-refractivity contribution in [3.8, 4) is 0 Å². The molecule has 0 saturated carbocycles. The molecule has 0 aromatic heterocycles. The van der Waals surface area contributed by atoms with Gasteiger partial charge in [0, 0.05) is 5.92 Å². The van der Waals surface area contributed by atoms with Crippen molar-refractivity contribution in [2.24, 2.45) is 17.6 Å². The summed E-state index contributed by atoms with van der Waals surface area (Å²) in [6.45, 7) is 4.00. The van der Waals surface area contributed by atoms with Crippen molar-refractivity contribution in [1.82, 2.24) is 0 Å². The van der Waals surface area contributed by atoms with Crippen LogP contribution in [0.2, 0.25) is 0 Å². The lowest BCUT2D eigenvalue weighted by atomic mass is 9.82. The average Bonchev–Trinajstić information content (AvgIpc) is 2.54. The normalized spacial score (nSPS) is 30.9. The number of nitrogens with two attached hydrogens (primary N) is 1. The van der Waals surface area contributed by atoms with Crippen LogP contribution in [0.1, 0.15) is 20.3 Å². The first-order valence-electron chi connectivity index (χ1n) is 5.39. The first kappa shape index (κ1) is 11.0. The number of esters is 1. The molecule has 1 heterocycles. The Balaban J connectivity index is 2.31. The van der Waals surface area contributed by atoms with Crippen LogP contribution in [0.5, 0.6) is 0 Å². The number of carbonyl (C=O) groups excluding carboxylic acids is 1. The topological polar surface area (TPSA) is 61.5 Å². The lowest BCUT2D eigenvalue weighted by molar-refractivity contribution is -0.145. The van der Waals surface area contributed by atoms with E-state index in [0.29, 0.717) is 5.70 Å². The Morgan fingerprint density at radius 3 is 2.94 bits per heavy atom. The minimum atomic E-state index is -0.269. The summed E-state index contributed by atoms with van der Waals surface area (Å²) in [5.41, 5.74) is 6.22. The number of rotatable bonds is 1. The van der Waals surface area contributed by atoms with Gasteiger partial charge in [-0.2, -0.15) is 0 Å². The van der Waals surface area contributed by atoms with Crippen LogP contribution in [0, 0.1) is 11.8 Å². The molecule has 1 fully saturated rings. The van der Waals surface area contributed by atoms with Gasteiger partial charge in [-0.25, -0.2) is 0 Å². The molecule has 2 N–H and O–H groups in total. The lowest BCUT2D eigenvalue weighted by Crippen LogP contribution is -2.27. The van der Waals surface area contributed by atoms with E-state index >= 15 is 0 Å². The van der Waals surface area contributed by atoms with Gasteiger partial charge in [0.15, 0.2) is 0 Å². The van der Waals surface area contributed by atoms with Gasteiger partial charge in [0.25, 0.3) is 0 Å². The molecule has 0 aromatic carbocycles. The average molecular weight is 223 g/mol. The predicted octanol–water partition coefficient (Wildman–Crippen LogP) is 1.33. The van der Waals surface area contributed by atoms with E-state index in [1.807, 2.05) is 13.8 Å². The van der Waals surface area contributed by atoms with E-state index < -0.39 is 0 Å². The van der Waals surface area contributed by atoms with Crippen LogP contribution < -0.4 is 5.73 Å². The van der Waals surface area contributed by atoms with Crippen molar-refractivity contribution in [1.29, 1.82) is 0 Å². The Morgan fingerprint density at radius 1 is 1.62 bits per heavy atom. The highest BCUT2D eigenvalue weighted by Gasteiger charge is 2.45. The standard InChI is InChI=1S/C12H17NO3/c1-12(2)6-8-7(11(14)15-3)4-5-9(13)10(8)16-12/h4-5,7-8H,6,13H2,1-3H3. The van der Waals surface area contributed by atoms with E-state index in [-0.39, 0.29) is 23.4 Å². The number of hydrogen-bond donors (Lipinski definition) is 1. The minimum Gasteiger partial charge on any atom is -0.490 e. The van der Waals surface area contributed by atoms with E-state index in [1.54, 1.807) is 12.2 Å². The summed E-state index contributed by atoms with van der Waals surface area (Å²) < 4.78 is 10.6. The quantitative estimate of drug-likeness (QED) is 0.681. The third-order valence-corrected chi connectivity index (χ3v) is 3.11. The third-order valence-electron chi connectivity index (χ3n) is 3.11. The maximum Gasteiger partial charge on any atom is 0.313 e. The highest BCUT2D eigenvalue weighted by atomic mass is 16.5. The van der Waals surface area contributed by atoms with Crippen LogP contribution in [-0.4, -0.2) is 18.7 Å². The molecule has 2 atom stereocenters. The summed E-state index contributed by atoms with van der Waals surface area (Å²) in [4.78, 5) is 11.6. The number of allylic oxidation sites excluding steroid dienone is 2. The van der Waals surface area contributed by atoms with Gasteiger partial charge in [0.05, 0.1) is 18.7 Å². The van der Waals surface area contributed by atoms with Gasteiger partial charge in [-0.05, 0) is 26.3 Å². The second kappa shape index (κ2) is 3.54. The van der Waals surface area contributed by atoms with Crippen LogP contribution in [-0.2, 0) is 14.3 Å². The molecule has 0 spiro atoms. The number of carbonyl (C=O) groups is 1. The molecule has 4 nitrogen and oxygen atoms in total. The second-order valence-electron chi connectivity index (χ2n) is 4.90. The first-order chi connectivity index (χ1) is 7.44. The van der Waals surface area contributed by atoms with Gasteiger partial charge >= 0.3 is 5.97 Å². The van der Waals surface area contributed by atoms with Crippen LogP contribution >= 0.6 is 0 Å². The SMILES string of the molecule is COC(=O)C1C=CC(N)=C2OC(C)(C)CC21. The highest BCUT2D eigenvalue weighted by Crippen LogP contribution is 2.45.